The van der Waals surface area contributed by atoms with Crippen LogP contribution < -0.4 is 16.4 Å². The number of nitrogens with one attached hydrogen (secondary N) is 2. The van der Waals surface area contributed by atoms with Crippen LogP contribution in [0.3, 0.4) is 0 Å². The molecule has 0 fully saturated rings. The zero-order valence-electron chi connectivity index (χ0n) is 9.95. The molecule has 6 heteroatoms. The van der Waals surface area contributed by atoms with Crippen molar-refractivity contribution in [3.63, 3.8) is 0 Å². The van der Waals surface area contributed by atoms with Gasteiger partial charge in [-0.05, 0) is 20.8 Å². The van der Waals surface area contributed by atoms with E-state index in [9.17, 15) is 4.79 Å². The van der Waals surface area contributed by atoms with Crippen LogP contribution in [0.15, 0.2) is 12.4 Å². The Hall–Kier alpha value is -1.72. The Kier molecular flexibility index (Phi) is 3.76. The Morgan fingerprint density at radius 2 is 2.25 bits per heavy atom. The van der Waals surface area contributed by atoms with Crippen LogP contribution in [0.1, 0.15) is 20.8 Å². The molecule has 6 nitrogen and oxygen atoms in total. The predicted molar refractivity (Wildman–Crippen MR) is 62.9 cm³/mol. The molecule has 0 aliphatic rings. The van der Waals surface area contributed by atoms with Crippen LogP contribution in [0, 0.1) is 0 Å². The molecule has 90 valence electrons. The highest BCUT2D eigenvalue weighted by Crippen LogP contribution is 1.98. The monoisotopic (exact) mass is 225 g/mol. The van der Waals surface area contributed by atoms with Gasteiger partial charge >= 0.3 is 6.03 Å². The highest BCUT2D eigenvalue weighted by Gasteiger charge is 2.12. The van der Waals surface area contributed by atoms with E-state index >= 15 is 0 Å². The van der Waals surface area contributed by atoms with Gasteiger partial charge in [-0.3, -0.25) is 4.68 Å². The minimum absolute atomic E-state index is 0.173. The number of nitrogen functional groups attached to an aromatic ring is 1. The van der Waals surface area contributed by atoms with E-state index in [0.717, 1.165) is 0 Å². The molecule has 0 aromatic carbocycles. The van der Waals surface area contributed by atoms with Gasteiger partial charge < -0.3 is 16.4 Å². The summed E-state index contributed by atoms with van der Waals surface area (Å²) in [5.74, 6) is 0. The molecule has 0 spiro atoms. The SMILES string of the molecule is CC(C)(C)NC(=O)NCCn1cc(N)cn1. The van der Waals surface area contributed by atoms with Gasteiger partial charge in [-0.25, -0.2) is 4.79 Å². The van der Waals surface area contributed by atoms with E-state index in [2.05, 4.69) is 15.7 Å². The molecular weight excluding hydrogens is 206 g/mol. The number of carbonyl (C=O) groups excluding carboxylic acids is 1. The second-order valence-corrected chi connectivity index (χ2v) is 4.67. The van der Waals surface area contributed by atoms with E-state index in [1.807, 2.05) is 20.8 Å². The van der Waals surface area contributed by atoms with Gasteiger partial charge in [0.2, 0.25) is 0 Å². The maximum absolute atomic E-state index is 11.4. The molecule has 0 saturated heterocycles. The minimum Gasteiger partial charge on any atom is -0.396 e. The van der Waals surface area contributed by atoms with Gasteiger partial charge in [0.1, 0.15) is 0 Å². The molecule has 4 N–H and O–H groups in total. The second kappa shape index (κ2) is 4.87. The lowest BCUT2D eigenvalue weighted by molar-refractivity contribution is 0.231. The first-order chi connectivity index (χ1) is 7.37. The van der Waals surface area contributed by atoms with Gasteiger partial charge in [-0.1, -0.05) is 0 Å². The molecule has 0 aliphatic heterocycles. The number of hydrogen-bond donors (Lipinski definition) is 3. The Bertz CT molecular complexity index is 352. The topological polar surface area (TPSA) is 85.0 Å². The Morgan fingerprint density at radius 3 is 2.75 bits per heavy atom. The van der Waals surface area contributed by atoms with E-state index in [1.165, 1.54) is 0 Å². The number of anilines is 1. The first-order valence-corrected chi connectivity index (χ1v) is 5.21. The summed E-state index contributed by atoms with van der Waals surface area (Å²) in [6, 6.07) is -0.173. The fourth-order valence-electron chi connectivity index (χ4n) is 1.17. The van der Waals surface area contributed by atoms with Crippen molar-refractivity contribution in [3.8, 4) is 0 Å². The first kappa shape index (κ1) is 12.4. The smallest absolute Gasteiger partial charge is 0.315 e. The molecule has 1 heterocycles. The number of nitrogens with zero attached hydrogens (tertiary/aromatic N) is 2. The van der Waals surface area contributed by atoms with E-state index < -0.39 is 0 Å². The molecule has 1 rings (SSSR count). The summed E-state index contributed by atoms with van der Waals surface area (Å²) < 4.78 is 1.69. The van der Waals surface area contributed by atoms with Crippen LogP contribution in [-0.4, -0.2) is 27.9 Å². The summed E-state index contributed by atoms with van der Waals surface area (Å²) >= 11 is 0. The van der Waals surface area contributed by atoms with Gasteiger partial charge in [0.25, 0.3) is 0 Å². The molecule has 1 aromatic heterocycles. The lowest BCUT2D eigenvalue weighted by Crippen LogP contribution is -2.47. The molecular formula is C10H19N5O. The molecule has 0 saturated carbocycles. The Morgan fingerprint density at radius 1 is 1.56 bits per heavy atom. The van der Waals surface area contributed by atoms with Crippen molar-refractivity contribution in [1.29, 1.82) is 0 Å². The van der Waals surface area contributed by atoms with Crippen LogP contribution in [0.25, 0.3) is 0 Å². The summed E-state index contributed by atoms with van der Waals surface area (Å²) in [6.07, 6.45) is 3.30. The minimum atomic E-state index is -0.222. The molecule has 0 bridgehead atoms. The van der Waals surface area contributed by atoms with Crippen molar-refractivity contribution in [2.24, 2.45) is 0 Å². The first-order valence-electron chi connectivity index (χ1n) is 5.21. The van der Waals surface area contributed by atoms with Crippen molar-refractivity contribution in [2.45, 2.75) is 32.9 Å². The average molecular weight is 225 g/mol. The number of hydrogen-bond acceptors (Lipinski definition) is 3. The van der Waals surface area contributed by atoms with Crippen molar-refractivity contribution in [1.82, 2.24) is 20.4 Å². The van der Waals surface area contributed by atoms with Crippen molar-refractivity contribution >= 4 is 11.7 Å². The van der Waals surface area contributed by atoms with E-state index in [0.29, 0.717) is 18.8 Å². The average Bonchev–Trinajstić information content (AvgIpc) is 2.48. The van der Waals surface area contributed by atoms with Gasteiger partial charge in [-0.2, -0.15) is 5.10 Å². The van der Waals surface area contributed by atoms with Gasteiger partial charge in [0.05, 0.1) is 18.4 Å². The standard InChI is InChI=1S/C10H19N5O/c1-10(2,3)14-9(16)12-4-5-15-7-8(11)6-13-15/h6-7H,4-5,11H2,1-3H3,(H2,12,14,16). The van der Waals surface area contributed by atoms with Crippen molar-refractivity contribution < 1.29 is 4.79 Å². The van der Waals surface area contributed by atoms with Gasteiger partial charge in [-0.15, -0.1) is 0 Å². The second-order valence-electron chi connectivity index (χ2n) is 4.67. The number of rotatable bonds is 3. The largest absolute Gasteiger partial charge is 0.396 e. The lowest BCUT2D eigenvalue weighted by Gasteiger charge is -2.20. The number of carbonyl (C=O) groups is 1. The fraction of sp³-hybridized carbons (Fsp3) is 0.600. The molecule has 0 aliphatic carbocycles. The molecule has 16 heavy (non-hydrogen) atoms. The van der Waals surface area contributed by atoms with E-state index in [1.54, 1.807) is 17.1 Å². The zero-order valence-corrected chi connectivity index (χ0v) is 9.95. The van der Waals surface area contributed by atoms with Crippen molar-refractivity contribution in [2.75, 3.05) is 12.3 Å². The van der Waals surface area contributed by atoms with Gasteiger partial charge in [0, 0.05) is 18.3 Å². The maximum Gasteiger partial charge on any atom is 0.315 e. The van der Waals surface area contributed by atoms with Crippen LogP contribution in [0.4, 0.5) is 10.5 Å². The molecule has 2 amide bonds. The predicted octanol–water partition coefficient (Wildman–Crippen LogP) is 0.563. The maximum atomic E-state index is 11.4. The number of urea groups is 1. The molecule has 0 atom stereocenters. The quantitative estimate of drug-likeness (QED) is 0.702. The highest BCUT2D eigenvalue weighted by atomic mass is 16.2. The number of amides is 2. The van der Waals surface area contributed by atoms with E-state index in [4.69, 9.17) is 5.73 Å². The third kappa shape index (κ3) is 4.68. The van der Waals surface area contributed by atoms with E-state index in [-0.39, 0.29) is 11.6 Å². The summed E-state index contributed by atoms with van der Waals surface area (Å²) in [5, 5.41) is 9.56. The normalized spacial score (nSPS) is 11.2. The molecule has 0 radical (unpaired) electrons. The lowest BCUT2D eigenvalue weighted by atomic mass is 10.1. The summed E-state index contributed by atoms with van der Waals surface area (Å²) in [7, 11) is 0. The van der Waals surface area contributed by atoms with Gasteiger partial charge in [0.15, 0.2) is 0 Å². The highest BCUT2D eigenvalue weighted by molar-refractivity contribution is 5.74. The Labute approximate surface area is 95.2 Å². The zero-order chi connectivity index (χ0) is 12.2. The van der Waals surface area contributed by atoms with Crippen LogP contribution >= 0.6 is 0 Å². The summed E-state index contributed by atoms with van der Waals surface area (Å²) in [5.41, 5.74) is 5.91. The van der Waals surface area contributed by atoms with Crippen LogP contribution in [-0.2, 0) is 6.54 Å². The third-order valence-corrected chi connectivity index (χ3v) is 1.77. The number of aromatic nitrogens is 2. The summed E-state index contributed by atoms with van der Waals surface area (Å²) in [6.45, 7) is 6.92. The Balaban J connectivity index is 2.23. The number of nitrogens with two attached hydrogens (primary N) is 1. The fourth-order valence-corrected chi connectivity index (χ4v) is 1.17. The molecule has 0 unspecified atom stereocenters. The summed E-state index contributed by atoms with van der Waals surface area (Å²) in [4.78, 5) is 11.4. The third-order valence-electron chi connectivity index (χ3n) is 1.77. The van der Waals surface area contributed by atoms with Crippen molar-refractivity contribution in [3.05, 3.63) is 12.4 Å². The van der Waals surface area contributed by atoms with Crippen LogP contribution in [0.5, 0.6) is 0 Å². The molecule has 1 aromatic rings. The van der Waals surface area contributed by atoms with Crippen LogP contribution in [0.2, 0.25) is 0 Å².